The van der Waals surface area contributed by atoms with Crippen LogP contribution in [-0.4, -0.2) is 11.0 Å². The van der Waals surface area contributed by atoms with E-state index in [4.69, 9.17) is 5.73 Å². The zero-order valence-corrected chi connectivity index (χ0v) is 8.40. The van der Waals surface area contributed by atoms with Crippen molar-refractivity contribution in [3.8, 4) is 0 Å². The summed E-state index contributed by atoms with van der Waals surface area (Å²) in [6.07, 6.45) is 5.87. The lowest BCUT2D eigenvalue weighted by Crippen LogP contribution is -2.19. The molecule has 0 fully saturated rings. The van der Waals surface area contributed by atoms with Crippen LogP contribution in [0.1, 0.15) is 25.8 Å². The molecule has 0 aromatic carbocycles. The van der Waals surface area contributed by atoms with Crippen molar-refractivity contribution in [2.24, 2.45) is 11.7 Å². The molecule has 2 heteroatoms. The van der Waals surface area contributed by atoms with Gasteiger partial charge in [0.05, 0.1) is 0 Å². The SMILES string of the molecule is CC(N)CC(C)Cc1ccncc1. The van der Waals surface area contributed by atoms with Gasteiger partial charge in [-0.15, -0.1) is 0 Å². The van der Waals surface area contributed by atoms with E-state index in [1.807, 2.05) is 12.4 Å². The first kappa shape index (κ1) is 10.2. The van der Waals surface area contributed by atoms with Crippen molar-refractivity contribution in [2.75, 3.05) is 0 Å². The van der Waals surface area contributed by atoms with Crippen LogP contribution >= 0.6 is 0 Å². The number of aromatic nitrogens is 1. The third-order valence-electron chi connectivity index (χ3n) is 2.11. The first-order valence-corrected chi connectivity index (χ1v) is 4.83. The summed E-state index contributed by atoms with van der Waals surface area (Å²) in [5, 5.41) is 0. The van der Waals surface area contributed by atoms with Crippen LogP contribution in [0.25, 0.3) is 0 Å². The van der Waals surface area contributed by atoms with Crippen LogP contribution in [0.15, 0.2) is 24.5 Å². The molecule has 0 saturated heterocycles. The largest absolute Gasteiger partial charge is 0.328 e. The molecule has 1 aromatic heterocycles. The van der Waals surface area contributed by atoms with Crippen LogP contribution in [0.4, 0.5) is 0 Å². The Morgan fingerprint density at radius 3 is 2.46 bits per heavy atom. The van der Waals surface area contributed by atoms with Crippen molar-refractivity contribution in [2.45, 2.75) is 32.7 Å². The van der Waals surface area contributed by atoms with Crippen LogP contribution in [0, 0.1) is 5.92 Å². The molecule has 0 aliphatic carbocycles. The van der Waals surface area contributed by atoms with E-state index in [-0.39, 0.29) is 0 Å². The standard InChI is InChI=1S/C11H18N2/c1-9(7-10(2)12)8-11-3-5-13-6-4-11/h3-6,9-10H,7-8,12H2,1-2H3. The fraction of sp³-hybridized carbons (Fsp3) is 0.545. The predicted molar refractivity (Wildman–Crippen MR) is 55.4 cm³/mol. The summed E-state index contributed by atoms with van der Waals surface area (Å²) in [5.41, 5.74) is 7.08. The highest BCUT2D eigenvalue weighted by molar-refractivity contribution is 5.10. The summed E-state index contributed by atoms with van der Waals surface area (Å²) in [5.74, 6) is 0.655. The molecule has 1 heterocycles. The van der Waals surface area contributed by atoms with E-state index >= 15 is 0 Å². The van der Waals surface area contributed by atoms with E-state index in [2.05, 4.69) is 31.0 Å². The molecule has 0 aliphatic heterocycles. The van der Waals surface area contributed by atoms with Gasteiger partial charge in [0.2, 0.25) is 0 Å². The predicted octanol–water partition coefficient (Wildman–Crippen LogP) is 2.00. The van der Waals surface area contributed by atoms with Crippen LogP contribution in [0.3, 0.4) is 0 Å². The number of hydrogen-bond acceptors (Lipinski definition) is 2. The Balaban J connectivity index is 2.41. The molecular formula is C11H18N2. The minimum Gasteiger partial charge on any atom is -0.328 e. The molecule has 0 saturated carbocycles. The number of nitrogens with two attached hydrogens (primary N) is 1. The molecule has 0 aliphatic rings. The van der Waals surface area contributed by atoms with Crippen molar-refractivity contribution in [1.29, 1.82) is 0 Å². The molecule has 0 bridgehead atoms. The summed E-state index contributed by atoms with van der Waals surface area (Å²) in [7, 11) is 0. The second kappa shape index (κ2) is 4.97. The number of pyridine rings is 1. The third kappa shape index (κ3) is 4.04. The van der Waals surface area contributed by atoms with Crippen molar-refractivity contribution >= 4 is 0 Å². The second-order valence-electron chi connectivity index (χ2n) is 3.88. The monoisotopic (exact) mass is 178 g/mol. The molecule has 1 aromatic rings. The summed E-state index contributed by atoms with van der Waals surface area (Å²) in [6.45, 7) is 4.30. The molecule has 2 nitrogen and oxygen atoms in total. The first-order chi connectivity index (χ1) is 6.18. The van der Waals surface area contributed by atoms with Gasteiger partial charge in [-0.25, -0.2) is 0 Å². The maximum Gasteiger partial charge on any atom is 0.0270 e. The number of hydrogen-bond donors (Lipinski definition) is 1. The van der Waals surface area contributed by atoms with Crippen molar-refractivity contribution in [1.82, 2.24) is 4.98 Å². The Bertz CT molecular complexity index is 231. The second-order valence-corrected chi connectivity index (χ2v) is 3.88. The van der Waals surface area contributed by atoms with Gasteiger partial charge in [-0.3, -0.25) is 4.98 Å². The van der Waals surface area contributed by atoms with Crippen molar-refractivity contribution in [3.63, 3.8) is 0 Å². The summed E-state index contributed by atoms with van der Waals surface area (Å²) >= 11 is 0. The molecule has 1 rings (SSSR count). The molecule has 0 spiro atoms. The highest BCUT2D eigenvalue weighted by Gasteiger charge is 2.05. The van der Waals surface area contributed by atoms with Gasteiger partial charge >= 0.3 is 0 Å². The first-order valence-electron chi connectivity index (χ1n) is 4.83. The average Bonchev–Trinajstić information content (AvgIpc) is 2.04. The summed E-state index contributed by atoms with van der Waals surface area (Å²) in [6, 6.07) is 4.44. The molecule has 72 valence electrons. The number of rotatable bonds is 4. The van der Waals surface area contributed by atoms with Gasteiger partial charge in [0.15, 0.2) is 0 Å². The maximum absolute atomic E-state index is 5.73. The molecule has 13 heavy (non-hydrogen) atoms. The minimum absolute atomic E-state index is 0.303. The van der Waals surface area contributed by atoms with Gasteiger partial charge in [0, 0.05) is 18.4 Å². The molecular weight excluding hydrogens is 160 g/mol. The Morgan fingerprint density at radius 1 is 1.31 bits per heavy atom. The van der Waals surface area contributed by atoms with Gasteiger partial charge in [-0.2, -0.15) is 0 Å². The molecule has 2 unspecified atom stereocenters. The van der Waals surface area contributed by atoms with E-state index in [0.29, 0.717) is 12.0 Å². The Hall–Kier alpha value is -0.890. The lowest BCUT2D eigenvalue weighted by molar-refractivity contribution is 0.480. The lowest BCUT2D eigenvalue weighted by atomic mass is 9.96. The van der Waals surface area contributed by atoms with E-state index in [1.165, 1.54) is 5.56 Å². The Labute approximate surface area is 80.2 Å². The van der Waals surface area contributed by atoms with Gasteiger partial charge in [0.25, 0.3) is 0 Å². The topological polar surface area (TPSA) is 38.9 Å². The van der Waals surface area contributed by atoms with E-state index in [9.17, 15) is 0 Å². The van der Waals surface area contributed by atoms with Crippen LogP contribution in [-0.2, 0) is 6.42 Å². The summed E-state index contributed by atoms with van der Waals surface area (Å²) < 4.78 is 0. The Morgan fingerprint density at radius 2 is 1.92 bits per heavy atom. The summed E-state index contributed by atoms with van der Waals surface area (Å²) in [4.78, 5) is 3.99. The van der Waals surface area contributed by atoms with Crippen molar-refractivity contribution < 1.29 is 0 Å². The zero-order chi connectivity index (χ0) is 9.68. The minimum atomic E-state index is 0.303. The highest BCUT2D eigenvalue weighted by atomic mass is 14.6. The Kier molecular flexibility index (Phi) is 3.90. The smallest absolute Gasteiger partial charge is 0.0270 e. The van der Waals surface area contributed by atoms with E-state index in [0.717, 1.165) is 12.8 Å². The highest BCUT2D eigenvalue weighted by Crippen LogP contribution is 2.11. The maximum atomic E-state index is 5.73. The van der Waals surface area contributed by atoms with E-state index < -0.39 is 0 Å². The fourth-order valence-corrected chi connectivity index (χ4v) is 1.64. The average molecular weight is 178 g/mol. The third-order valence-corrected chi connectivity index (χ3v) is 2.11. The van der Waals surface area contributed by atoms with Gasteiger partial charge in [-0.05, 0) is 43.4 Å². The normalized spacial score (nSPS) is 15.3. The fourth-order valence-electron chi connectivity index (χ4n) is 1.64. The number of nitrogens with zero attached hydrogens (tertiary/aromatic N) is 1. The van der Waals surface area contributed by atoms with E-state index in [1.54, 1.807) is 0 Å². The van der Waals surface area contributed by atoms with Crippen molar-refractivity contribution in [3.05, 3.63) is 30.1 Å². The quantitative estimate of drug-likeness (QED) is 0.766. The van der Waals surface area contributed by atoms with Crippen LogP contribution in [0.5, 0.6) is 0 Å². The van der Waals surface area contributed by atoms with Crippen LogP contribution < -0.4 is 5.73 Å². The molecule has 2 atom stereocenters. The molecule has 0 radical (unpaired) electrons. The lowest BCUT2D eigenvalue weighted by Gasteiger charge is -2.13. The van der Waals surface area contributed by atoms with Gasteiger partial charge < -0.3 is 5.73 Å². The molecule has 2 N–H and O–H groups in total. The molecule has 0 amide bonds. The van der Waals surface area contributed by atoms with Crippen LogP contribution in [0.2, 0.25) is 0 Å². The zero-order valence-electron chi connectivity index (χ0n) is 8.40. The van der Waals surface area contributed by atoms with Gasteiger partial charge in [-0.1, -0.05) is 6.92 Å². The van der Waals surface area contributed by atoms with Gasteiger partial charge in [0.1, 0.15) is 0 Å².